The average molecular weight is 415 g/mol. The molecule has 1 heterocycles. The molecule has 7 nitrogen and oxygen atoms in total. The highest BCUT2D eigenvalue weighted by molar-refractivity contribution is 7.91. The van der Waals surface area contributed by atoms with Crippen LogP contribution in [0.2, 0.25) is 0 Å². The van der Waals surface area contributed by atoms with Gasteiger partial charge in [-0.25, -0.2) is 16.8 Å². The van der Waals surface area contributed by atoms with Crippen molar-refractivity contribution < 1.29 is 21.6 Å². The zero-order chi connectivity index (χ0) is 19.5. The van der Waals surface area contributed by atoms with E-state index in [1.807, 2.05) is 12.1 Å². The van der Waals surface area contributed by atoms with Crippen molar-refractivity contribution in [3.8, 4) is 0 Å². The highest BCUT2D eigenvalue weighted by Gasteiger charge is 2.29. The molecule has 3 rings (SSSR count). The topological polar surface area (TPSA) is 109 Å². The summed E-state index contributed by atoms with van der Waals surface area (Å²) in [5.74, 6) is -0.223. The lowest BCUT2D eigenvalue weighted by Gasteiger charge is -2.22. The van der Waals surface area contributed by atoms with Gasteiger partial charge in [-0.05, 0) is 48.8 Å². The van der Waals surface area contributed by atoms with Gasteiger partial charge in [-0.15, -0.1) is 4.83 Å². The molecule has 27 heavy (non-hydrogen) atoms. The number of hydrogen-bond acceptors (Lipinski definition) is 5. The Morgan fingerprint density at radius 2 is 1.70 bits per heavy atom. The molecule has 9 heteroatoms. The van der Waals surface area contributed by atoms with Crippen LogP contribution in [0.15, 0.2) is 29.2 Å². The molecule has 0 radical (unpaired) electrons. The largest absolute Gasteiger partial charge is 0.278 e. The fourth-order valence-corrected chi connectivity index (χ4v) is 6.61. The number of hydrogen-bond donors (Lipinski definition) is 2. The highest BCUT2D eigenvalue weighted by Crippen LogP contribution is 2.32. The first-order valence-corrected chi connectivity index (χ1v) is 12.7. The van der Waals surface area contributed by atoms with E-state index in [0.29, 0.717) is 12.3 Å². The van der Waals surface area contributed by atoms with E-state index in [9.17, 15) is 21.6 Å². The molecular formula is C18H26N2O5S2. The molecular weight excluding hydrogens is 388 g/mol. The number of nitrogens with one attached hydrogen (secondary N) is 2. The summed E-state index contributed by atoms with van der Waals surface area (Å²) in [5.41, 5.74) is 3.33. The SMILES string of the molecule is O=C(C[C@H]1CCS(=O)(=O)C1)NNS(=O)(=O)c1ccc(C2CCCCC2)cc1. The Balaban J connectivity index is 1.54. The zero-order valence-corrected chi connectivity index (χ0v) is 16.8. The minimum atomic E-state index is -3.86. The smallest absolute Gasteiger partial charge is 0.257 e. The van der Waals surface area contributed by atoms with Gasteiger partial charge in [0.25, 0.3) is 10.0 Å². The van der Waals surface area contributed by atoms with Crippen LogP contribution in [-0.2, 0) is 24.7 Å². The molecule has 0 aromatic heterocycles. The van der Waals surface area contributed by atoms with E-state index in [2.05, 4.69) is 10.3 Å². The quantitative estimate of drug-likeness (QED) is 0.691. The molecule has 0 unspecified atom stereocenters. The predicted octanol–water partition coefficient (Wildman–Crippen LogP) is 1.87. The maximum absolute atomic E-state index is 12.3. The highest BCUT2D eigenvalue weighted by atomic mass is 32.2. The summed E-state index contributed by atoms with van der Waals surface area (Å²) in [6.45, 7) is 0. The maximum Gasteiger partial charge on any atom is 0.257 e. The van der Waals surface area contributed by atoms with Gasteiger partial charge in [0.2, 0.25) is 5.91 Å². The first kappa shape index (κ1) is 20.3. The lowest BCUT2D eigenvalue weighted by molar-refractivity contribution is -0.122. The third kappa shape index (κ3) is 5.52. The van der Waals surface area contributed by atoms with Gasteiger partial charge in [-0.2, -0.15) is 0 Å². The second-order valence-corrected chi connectivity index (χ2v) is 11.4. The van der Waals surface area contributed by atoms with Crippen molar-refractivity contribution >= 4 is 25.8 Å². The lowest BCUT2D eigenvalue weighted by Crippen LogP contribution is -2.42. The Labute approximate surface area is 160 Å². The Morgan fingerprint density at radius 3 is 2.30 bits per heavy atom. The van der Waals surface area contributed by atoms with Crippen molar-refractivity contribution in [1.82, 2.24) is 10.3 Å². The summed E-state index contributed by atoms with van der Waals surface area (Å²) in [4.78, 5) is 14.1. The zero-order valence-electron chi connectivity index (χ0n) is 15.2. The normalized spacial score (nSPS) is 23.2. The second kappa shape index (κ2) is 8.28. The van der Waals surface area contributed by atoms with Gasteiger partial charge < -0.3 is 0 Å². The van der Waals surface area contributed by atoms with Crippen LogP contribution in [-0.4, -0.2) is 34.2 Å². The van der Waals surface area contributed by atoms with Crippen LogP contribution in [0.5, 0.6) is 0 Å². The molecule has 1 aromatic carbocycles. The second-order valence-electron chi connectivity index (χ2n) is 7.53. The predicted molar refractivity (Wildman–Crippen MR) is 102 cm³/mol. The van der Waals surface area contributed by atoms with E-state index in [4.69, 9.17) is 0 Å². The molecule has 2 aliphatic rings. The maximum atomic E-state index is 12.3. The van der Waals surface area contributed by atoms with Crippen LogP contribution in [0.25, 0.3) is 0 Å². The molecule has 1 saturated heterocycles. The van der Waals surface area contributed by atoms with E-state index in [0.717, 1.165) is 18.4 Å². The number of hydrazine groups is 1. The standard InChI is InChI=1S/C18H26N2O5S2/c21-18(12-14-10-11-26(22,23)13-14)19-20-27(24,25)17-8-6-16(7-9-17)15-4-2-1-3-5-15/h6-9,14-15,20H,1-5,10-13H2,(H,19,21)/t14-/m1/s1. The molecule has 1 atom stereocenters. The molecule has 1 saturated carbocycles. The Morgan fingerprint density at radius 1 is 1.04 bits per heavy atom. The minimum absolute atomic E-state index is 0.0115. The number of sulfone groups is 1. The van der Waals surface area contributed by atoms with Gasteiger partial charge in [0.15, 0.2) is 9.84 Å². The monoisotopic (exact) mass is 414 g/mol. The summed E-state index contributed by atoms with van der Waals surface area (Å²) < 4.78 is 47.5. The molecule has 2 N–H and O–H groups in total. The Kier molecular flexibility index (Phi) is 6.22. The fourth-order valence-electron chi connectivity index (χ4n) is 3.88. The molecule has 0 bridgehead atoms. The Bertz CT molecular complexity index is 873. The van der Waals surface area contributed by atoms with Crippen molar-refractivity contribution in [1.29, 1.82) is 0 Å². The number of sulfonamides is 1. The van der Waals surface area contributed by atoms with Gasteiger partial charge in [0, 0.05) is 6.42 Å². The van der Waals surface area contributed by atoms with Crippen LogP contribution in [0.4, 0.5) is 0 Å². The lowest BCUT2D eigenvalue weighted by atomic mass is 9.84. The molecule has 1 amide bonds. The number of rotatable bonds is 6. The number of carbonyl (C=O) groups is 1. The van der Waals surface area contributed by atoms with Gasteiger partial charge in [-0.1, -0.05) is 31.4 Å². The summed E-state index contributed by atoms with van der Waals surface area (Å²) in [6.07, 6.45) is 6.38. The van der Waals surface area contributed by atoms with E-state index in [-0.39, 0.29) is 28.7 Å². The molecule has 2 fully saturated rings. The van der Waals surface area contributed by atoms with Crippen LogP contribution >= 0.6 is 0 Å². The van der Waals surface area contributed by atoms with Gasteiger partial charge in [-0.3, -0.25) is 10.2 Å². The first-order valence-electron chi connectivity index (χ1n) is 9.36. The minimum Gasteiger partial charge on any atom is -0.278 e. The first-order chi connectivity index (χ1) is 12.8. The van der Waals surface area contributed by atoms with Crippen molar-refractivity contribution in [2.45, 2.75) is 55.8 Å². The van der Waals surface area contributed by atoms with Gasteiger partial charge in [0.05, 0.1) is 16.4 Å². The summed E-state index contributed by atoms with van der Waals surface area (Å²) >= 11 is 0. The van der Waals surface area contributed by atoms with E-state index in [1.54, 1.807) is 12.1 Å². The van der Waals surface area contributed by atoms with Gasteiger partial charge >= 0.3 is 0 Å². The van der Waals surface area contributed by atoms with E-state index in [1.165, 1.54) is 19.3 Å². The summed E-state index contributed by atoms with van der Waals surface area (Å²) in [7, 11) is -6.92. The van der Waals surface area contributed by atoms with Crippen molar-refractivity contribution in [3.05, 3.63) is 29.8 Å². The average Bonchev–Trinajstić information content (AvgIpc) is 2.99. The van der Waals surface area contributed by atoms with Crippen molar-refractivity contribution in [2.75, 3.05) is 11.5 Å². The van der Waals surface area contributed by atoms with Crippen molar-refractivity contribution in [3.63, 3.8) is 0 Å². The van der Waals surface area contributed by atoms with Crippen LogP contribution < -0.4 is 10.3 Å². The van der Waals surface area contributed by atoms with Crippen molar-refractivity contribution in [2.24, 2.45) is 5.92 Å². The van der Waals surface area contributed by atoms with Crippen LogP contribution in [0, 0.1) is 5.92 Å². The molecule has 1 aromatic rings. The van der Waals surface area contributed by atoms with Crippen LogP contribution in [0.1, 0.15) is 56.4 Å². The molecule has 1 aliphatic carbocycles. The van der Waals surface area contributed by atoms with E-state index >= 15 is 0 Å². The molecule has 1 aliphatic heterocycles. The van der Waals surface area contributed by atoms with Crippen LogP contribution in [0.3, 0.4) is 0 Å². The molecule has 0 spiro atoms. The number of benzene rings is 1. The third-order valence-corrected chi connectivity index (χ3v) is 8.49. The summed E-state index contributed by atoms with van der Waals surface area (Å²) in [6, 6.07) is 6.80. The van der Waals surface area contributed by atoms with E-state index < -0.39 is 25.8 Å². The fraction of sp³-hybridized carbons (Fsp3) is 0.611. The van der Waals surface area contributed by atoms with Gasteiger partial charge in [0.1, 0.15) is 0 Å². The number of carbonyl (C=O) groups excluding carboxylic acids is 1. The molecule has 150 valence electrons. The summed E-state index contributed by atoms with van der Waals surface area (Å²) in [5, 5.41) is 0. The number of amides is 1. The Hall–Kier alpha value is -1.45. The third-order valence-electron chi connectivity index (χ3n) is 5.39.